The molecule has 1 N–H and O–H groups in total. The van der Waals surface area contributed by atoms with Crippen LogP contribution in [0.1, 0.15) is 32.2 Å². The van der Waals surface area contributed by atoms with Crippen LogP contribution in [0.25, 0.3) is 0 Å². The average molecular weight is 367 g/mol. The van der Waals surface area contributed by atoms with E-state index < -0.39 is 12.1 Å². The van der Waals surface area contributed by atoms with E-state index in [1.165, 1.54) is 11.4 Å². The molecule has 0 bridgehead atoms. The minimum atomic E-state index is -5.08. The highest BCUT2D eigenvalue weighted by Gasteiger charge is 2.38. The van der Waals surface area contributed by atoms with Crippen molar-refractivity contribution in [3.05, 3.63) is 17.5 Å². The first-order valence-electron chi connectivity index (χ1n) is 8.04. The van der Waals surface area contributed by atoms with Gasteiger partial charge in [0.1, 0.15) is 0 Å². The van der Waals surface area contributed by atoms with Gasteiger partial charge >= 0.3 is 12.1 Å². The quantitative estimate of drug-likeness (QED) is 0.765. The maximum atomic E-state index is 10.6. The fraction of sp³-hybridized carbons (Fsp3) is 0.750. The van der Waals surface area contributed by atoms with Crippen molar-refractivity contribution in [3.63, 3.8) is 0 Å². The highest BCUT2D eigenvalue weighted by molar-refractivity contribution is 5.73. The van der Waals surface area contributed by atoms with Crippen LogP contribution in [-0.4, -0.2) is 58.7 Å². The molecule has 0 atom stereocenters. The van der Waals surface area contributed by atoms with Crippen molar-refractivity contribution in [2.45, 2.75) is 39.9 Å². The molecular weight excluding hydrogens is 339 g/mol. The largest absolute Gasteiger partial charge is 0.490 e. The molecule has 0 saturated heterocycles. The topological polar surface area (TPSA) is 67.6 Å². The average Bonchev–Trinajstić information content (AvgIpc) is 2.81. The number of ether oxygens (including phenoxy) is 1. The summed E-state index contributed by atoms with van der Waals surface area (Å²) in [5.41, 5.74) is 2.48. The van der Waals surface area contributed by atoms with Crippen molar-refractivity contribution in [3.8, 4) is 0 Å². The second-order valence-electron chi connectivity index (χ2n) is 6.01. The highest BCUT2D eigenvalue weighted by atomic mass is 19.4. The van der Waals surface area contributed by atoms with Crippen LogP contribution in [0.3, 0.4) is 0 Å². The van der Waals surface area contributed by atoms with E-state index in [2.05, 4.69) is 36.8 Å². The van der Waals surface area contributed by atoms with Gasteiger partial charge in [-0.25, -0.2) is 4.79 Å². The van der Waals surface area contributed by atoms with Gasteiger partial charge < -0.3 is 9.84 Å². The molecule has 0 unspecified atom stereocenters. The number of likely N-dealkylation sites (N-methyl/N-ethyl adjacent to an activating group) is 1. The summed E-state index contributed by atoms with van der Waals surface area (Å²) in [6, 6.07) is 2.23. The number of halogens is 3. The fourth-order valence-electron chi connectivity index (χ4n) is 2.04. The number of aryl methyl sites for hydroxylation is 1. The van der Waals surface area contributed by atoms with E-state index in [0.717, 1.165) is 32.7 Å². The van der Waals surface area contributed by atoms with E-state index in [9.17, 15) is 13.2 Å². The Bertz CT molecular complexity index is 516. The Kier molecular flexibility index (Phi) is 10.4. The number of methoxy groups -OCH3 is 1. The summed E-state index contributed by atoms with van der Waals surface area (Å²) >= 11 is 0. The number of alkyl halides is 3. The van der Waals surface area contributed by atoms with Gasteiger partial charge in [-0.05, 0) is 24.9 Å². The number of hydrogen-bond acceptors (Lipinski definition) is 4. The van der Waals surface area contributed by atoms with Crippen molar-refractivity contribution in [2.24, 2.45) is 13.0 Å². The molecule has 1 aromatic heterocycles. The monoisotopic (exact) mass is 367 g/mol. The molecule has 0 amide bonds. The number of carboxylic acids is 1. The van der Waals surface area contributed by atoms with Gasteiger partial charge in [-0.1, -0.05) is 20.8 Å². The summed E-state index contributed by atoms with van der Waals surface area (Å²) in [5.74, 6) is -2.10. The summed E-state index contributed by atoms with van der Waals surface area (Å²) in [7, 11) is 3.78. The van der Waals surface area contributed by atoms with Crippen molar-refractivity contribution in [1.29, 1.82) is 0 Å². The number of aromatic nitrogens is 2. The van der Waals surface area contributed by atoms with Gasteiger partial charge in [-0.3, -0.25) is 9.58 Å². The molecule has 0 saturated carbocycles. The third kappa shape index (κ3) is 10.1. The lowest BCUT2D eigenvalue weighted by Crippen LogP contribution is -2.27. The van der Waals surface area contributed by atoms with Crippen LogP contribution < -0.4 is 0 Å². The van der Waals surface area contributed by atoms with E-state index in [1.807, 2.05) is 11.7 Å². The number of carboxylic acid groups (broad SMARTS) is 1. The van der Waals surface area contributed by atoms with Crippen LogP contribution in [0.4, 0.5) is 13.2 Å². The zero-order chi connectivity index (χ0) is 19.6. The maximum Gasteiger partial charge on any atom is 0.490 e. The predicted molar refractivity (Wildman–Crippen MR) is 88.3 cm³/mol. The predicted octanol–water partition coefficient (Wildman–Crippen LogP) is 2.72. The minimum Gasteiger partial charge on any atom is -0.475 e. The van der Waals surface area contributed by atoms with Crippen molar-refractivity contribution in [2.75, 3.05) is 26.8 Å². The molecule has 1 aromatic rings. The van der Waals surface area contributed by atoms with Gasteiger partial charge in [0.25, 0.3) is 0 Å². The van der Waals surface area contributed by atoms with E-state index in [-0.39, 0.29) is 0 Å². The maximum absolute atomic E-state index is 10.6. The third-order valence-corrected chi connectivity index (χ3v) is 3.33. The summed E-state index contributed by atoms with van der Waals surface area (Å²) in [6.07, 6.45) is -4.03. The standard InChI is InChI=1S/C14H27N3O.C2HF3O2/c1-6-17(7-8-18-5)11-14-10-13(9-12(2)3)15-16(14)4;3-2(4,5)1(6)7/h10,12H,6-9,11H2,1-5H3;(H,6,7). The van der Waals surface area contributed by atoms with Crippen molar-refractivity contribution in [1.82, 2.24) is 14.7 Å². The van der Waals surface area contributed by atoms with E-state index >= 15 is 0 Å². The number of nitrogens with zero attached hydrogens (tertiary/aromatic N) is 3. The molecule has 0 aliphatic carbocycles. The van der Waals surface area contributed by atoms with Gasteiger partial charge in [0.15, 0.2) is 0 Å². The summed E-state index contributed by atoms with van der Waals surface area (Å²) in [4.78, 5) is 11.3. The molecule has 1 heterocycles. The summed E-state index contributed by atoms with van der Waals surface area (Å²) < 4.78 is 38.9. The Morgan fingerprint density at radius 2 is 2.00 bits per heavy atom. The number of rotatable bonds is 8. The van der Waals surface area contributed by atoms with Crippen LogP contribution in [0.2, 0.25) is 0 Å². The minimum absolute atomic E-state index is 0.656. The van der Waals surface area contributed by atoms with E-state index in [1.54, 1.807) is 7.11 Å². The molecular formula is C16H28F3N3O3. The van der Waals surface area contributed by atoms with Crippen LogP contribution in [-0.2, 0) is 29.5 Å². The Hall–Kier alpha value is -1.61. The first-order valence-corrected chi connectivity index (χ1v) is 8.04. The molecule has 0 fully saturated rings. The number of hydrogen-bond donors (Lipinski definition) is 1. The Morgan fingerprint density at radius 1 is 1.44 bits per heavy atom. The van der Waals surface area contributed by atoms with Gasteiger partial charge in [-0.15, -0.1) is 0 Å². The first-order chi connectivity index (χ1) is 11.5. The van der Waals surface area contributed by atoms with Crippen LogP contribution in [0.5, 0.6) is 0 Å². The summed E-state index contributed by atoms with van der Waals surface area (Å²) in [6.45, 7) is 10.4. The number of aliphatic carboxylic acids is 1. The lowest BCUT2D eigenvalue weighted by molar-refractivity contribution is -0.192. The number of carbonyl (C=O) groups is 1. The van der Waals surface area contributed by atoms with Gasteiger partial charge in [0, 0.05) is 27.2 Å². The summed E-state index contributed by atoms with van der Waals surface area (Å²) in [5, 5.41) is 11.7. The highest BCUT2D eigenvalue weighted by Crippen LogP contribution is 2.13. The second kappa shape index (κ2) is 11.1. The Labute approximate surface area is 146 Å². The first kappa shape index (κ1) is 23.4. The van der Waals surface area contributed by atoms with Gasteiger partial charge in [0.05, 0.1) is 18.0 Å². The molecule has 1 rings (SSSR count). The molecule has 25 heavy (non-hydrogen) atoms. The molecule has 0 radical (unpaired) electrons. The fourth-order valence-corrected chi connectivity index (χ4v) is 2.04. The third-order valence-electron chi connectivity index (χ3n) is 3.33. The normalized spacial score (nSPS) is 11.6. The van der Waals surface area contributed by atoms with Crippen LogP contribution >= 0.6 is 0 Å². The van der Waals surface area contributed by atoms with Crippen molar-refractivity contribution >= 4 is 5.97 Å². The SMILES string of the molecule is CCN(CCOC)Cc1cc(CC(C)C)nn1C.O=C(O)C(F)(F)F. The second-order valence-corrected chi connectivity index (χ2v) is 6.01. The van der Waals surface area contributed by atoms with E-state index in [4.69, 9.17) is 14.6 Å². The van der Waals surface area contributed by atoms with Crippen LogP contribution in [0.15, 0.2) is 6.07 Å². The molecule has 0 aliphatic rings. The lowest BCUT2D eigenvalue weighted by atomic mass is 10.1. The molecule has 0 spiro atoms. The van der Waals surface area contributed by atoms with Gasteiger partial charge in [0.2, 0.25) is 0 Å². The zero-order valence-electron chi connectivity index (χ0n) is 15.4. The molecule has 9 heteroatoms. The molecule has 6 nitrogen and oxygen atoms in total. The molecule has 0 aromatic carbocycles. The van der Waals surface area contributed by atoms with Gasteiger partial charge in [-0.2, -0.15) is 18.3 Å². The Morgan fingerprint density at radius 3 is 2.40 bits per heavy atom. The smallest absolute Gasteiger partial charge is 0.475 e. The zero-order valence-corrected chi connectivity index (χ0v) is 15.4. The lowest BCUT2D eigenvalue weighted by Gasteiger charge is -2.19. The van der Waals surface area contributed by atoms with Crippen molar-refractivity contribution < 1.29 is 27.8 Å². The molecule has 0 aliphatic heterocycles. The Balaban J connectivity index is 0.000000697. The van der Waals surface area contributed by atoms with Crippen LogP contribution in [0, 0.1) is 5.92 Å². The molecule has 146 valence electrons. The van der Waals surface area contributed by atoms with E-state index in [0.29, 0.717) is 5.92 Å².